The molecule has 16 heavy (non-hydrogen) atoms. The van der Waals surface area contributed by atoms with Crippen LogP contribution in [0.15, 0.2) is 0 Å². The zero-order valence-corrected chi connectivity index (χ0v) is 9.80. The highest BCUT2D eigenvalue weighted by Gasteiger charge is 2.46. The van der Waals surface area contributed by atoms with Gasteiger partial charge in [-0.2, -0.15) is 0 Å². The molecule has 0 atom stereocenters. The molecule has 2 saturated carbocycles. The fourth-order valence-corrected chi connectivity index (χ4v) is 2.50. The molecule has 1 amide bonds. The summed E-state index contributed by atoms with van der Waals surface area (Å²) in [7, 11) is 0. The third-order valence-corrected chi connectivity index (χ3v) is 4.11. The molecule has 2 aliphatic carbocycles. The summed E-state index contributed by atoms with van der Waals surface area (Å²) < 4.78 is 0. The average molecular weight is 226 g/mol. The monoisotopic (exact) mass is 226 g/mol. The van der Waals surface area contributed by atoms with Crippen LogP contribution in [-0.4, -0.2) is 29.7 Å². The Balaban J connectivity index is 1.84. The molecule has 0 radical (unpaired) electrons. The standard InChI is InChI=1S/C12H22N2O2/c13-12(6-7-12)10(16)14-8-11(9-15)4-2-1-3-5-11/h15H,1-9,13H2,(H,14,16). The van der Waals surface area contributed by atoms with Crippen molar-refractivity contribution in [1.29, 1.82) is 0 Å². The van der Waals surface area contributed by atoms with Crippen molar-refractivity contribution in [3.05, 3.63) is 0 Å². The predicted molar refractivity (Wildman–Crippen MR) is 61.8 cm³/mol. The molecule has 4 N–H and O–H groups in total. The molecule has 0 saturated heterocycles. The van der Waals surface area contributed by atoms with E-state index in [2.05, 4.69) is 5.32 Å². The first kappa shape index (κ1) is 11.9. The Morgan fingerprint density at radius 3 is 2.31 bits per heavy atom. The fraction of sp³-hybridized carbons (Fsp3) is 0.917. The van der Waals surface area contributed by atoms with Crippen LogP contribution in [0, 0.1) is 5.41 Å². The van der Waals surface area contributed by atoms with E-state index in [4.69, 9.17) is 5.73 Å². The number of carbonyl (C=O) groups is 1. The molecule has 0 aromatic carbocycles. The zero-order chi connectivity index (χ0) is 11.6. The quantitative estimate of drug-likeness (QED) is 0.655. The molecule has 0 unspecified atom stereocenters. The molecule has 4 nitrogen and oxygen atoms in total. The number of aliphatic hydroxyl groups excluding tert-OH is 1. The number of rotatable bonds is 4. The summed E-state index contributed by atoms with van der Waals surface area (Å²) in [6.07, 6.45) is 7.18. The molecule has 2 aliphatic rings. The maximum atomic E-state index is 11.7. The van der Waals surface area contributed by atoms with Gasteiger partial charge in [-0.05, 0) is 25.7 Å². The number of nitrogens with two attached hydrogens (primary N) is 1. The van der Waals surface area contributed by atoms with E-state index < -0.39 is 5.54 Å². The molecule has 0 heterocycles. The Morgan fingerprint density at radius 1 is 1.19 bits per heavy atom. The second-order valence-electron chi connectivity index (χ2n) is 5.56. The Hall–Kier alpha value is -0.610. The topological polar surface area (TPSA) is 75.4 Å². The van der Waals surface area contributed by atoms with Crippen LogP contribution >= 0.6 is 0 Å². The summed E-state index contributed by atoms with van der Waals surface area (Å²) in [5.41, 5.74) is 5.14. The highest BCUT2D eigenvalue weighted by molar-refractivity contribution is 5.88. The highest BCUT2D eigenvalue weighted by atomic mass is 16.3. The van der Waals surface area contributed by atoms with E-state index in [-0.39, 0.29) is 17.9 Å². The maximum Gasteiger partial charge on any atom is 0.240 e. The molecule has 4 heteroatoms. The van der Waals surface area contributed by atoms with E-state index in [1.165, 1.54) is 6.42 Å². The van der Waals surface area contributed by atoms with E-state index in [0.29, 0.717) is 6.54 Å². The minimum Gasteiger partial charge on any atom is -0.396 e. The number of amides is 1. The maximum absolute atomic E-state index is 11.7. The minimum absolute atomic E-state index is 0.0362. The van der Waals surface area contributed by atoms with Crippen molar-refractivity contribution in [3.63, 3.8) is 0 Å². The van der Waals surface area contributed by atoms with Gasteiger partial charge in [-0.3, -0.25) is 4.79 Å². The van der Waals surface area contributed by atoms with Crippen molar-refractivity contribution in [2.45, 2.75) is 50.5 Å². The Kier molecular flexibility index (Phi) is 3.22. The van der Waals surface area contributed by atoms with Gasteiger partial charge >= 0.3 is 0 Å². The molecule has 0 aliphatic heterocycles. The summed E-state index contributed by atoms with van der Waals surface area (Å²) in [6.45, 7) is 0.756. The third-order valence-electron chi connectivity index (χ3n) is 4.11. The number of hydrogen-bond acceptors (Lipinski definition) is 3. The van der Waals surface area contributed by atoms with Crippen molar-refractivity contribution in [2.24, 2.45) is 11.1 Å². The predicted octanol–water partition coefficient (Wildman–Crippen LogP) is 0.537. The molecule has 92 valence electrons. The van der Waals surface area contributed by atoms with Crippen LogP contribution in [0.3, 0.4) is 0 Å². The van der Waals surface area contributed by atoms with Gasteiger partial charge in [0.25, 0.3) is 0 Å². The smallest absolute Gasteiger partial charge is 0.240 e. The van der Waals surface area contributed by atoms with Crippen LogP contribution in [0.4, 0.5) is 0 Å². The van der Waals surface area contributed by atoms with Crippen LogP contribution in [0.2, 0.25) is 0 Å². The fourth-order valence-electron chi connectivity index (χ4n) is 2.50. The van der Waals surface area contributed by atoms with Crippen molar-refractivity contribution >= 4 is 5.91 Å². The van der Waals surface area contributed by atoms with Gasteiger partial charge in [-0.1, -0.05) is 19.3 Å². The first-order valence-corrected chi connectivity index (χ1v) is 6.28. The SMILES string of the molecule is NC1(C(=O)NCC2(CO)CCCCC2)CC1. The van der Waals surface area contributed by atoms with Gasteiger partial charge in [-0.25, -0.2) is 0 Å². The lowest BCUT2D eigenvalue weighted by atomic mass is 9.74. The first-order chi connectivity index (χ1) is 7.60. The molecule has 0 aromatic heterocycles. The number of hydrogen-bond donors (Lipinski definition) is 3. The van der Waals surface area contributed by atoms with E-state index >= 15 is 0 Å². The second kappa shape index (κ2) is 4.34. The first-order valence-electron chi connectivity index (χ1n) is 6.28. The zero-order valence-electron chi connectivity index (χ0n) is 9.80. The Labute approximate surface area is 96.6 Å². The van der Waals surface area contributed by atoms with Gasteiger partial charge < -0.3 is 16.2 Å². The van der Waals surface area contributed by atoms with Gasteiger partial charge in [-0.15, -0.1) is 0 Å². The summed E-state index contributed by atoms with van der Waals surface area (Å²) in [5, 5.41) is 12.4. The Bertz CT molecular complexity index is 268. The molecule has 0 aromatic rings. The Morgan fingerprint density at radius 2 is 1.81 bits per heavy atom. The van der Waals surface area contributed by atoms with Gasteiger partial charge in [0, 0.05) is 12.0 Å². The van der Waals surface area contributed by atoms with E-state index in [1.807, 2.05) is 0 Å². The largest absolute Gasteiger partial charge is 0.396 e. The molecule has 0 spiro atoms. The number of carbonyl (C=O) groups excluding carboxylic acids is 1. The van der Waals surface area contributed by atoms with Crippen LogP contribution in [-0.2, 0) is 4.79 Å². The summed E-state index contributed by atoms with van der Waals surface area (Å²) >= 11 is 0. The van der Waals surface area contributed by atoms with Crippen LogP contribution in [0.1, 0.15) is 44.9 Å². The minimum atomic E-state index is -0.592. The molecule has 0 bridgehead atoms. The van der Waals surface area contributed by atoms with E-state index in [0.717, 1.165) is 38.5 Å². The average Bonchev–Trinajstić information content (AvgIpc) is 3.07. The van der Waals surface area contributed by atoms with Gasteiger partial charge in [0.2, 0.25) is 5.91 Å². The van der Waals surface area contributed by atoms with Crippen LogP contribution in [0.25, 0.3) is 0 Å². The van der Waals surface area contributed by atoms with Crippen molar-refractivity contribution < 1.29 is 9.90 Å². The third kappa shape index (κ3) is 2.38. The van der Waals surface area contributed by atoms with Gasteiger partial charge in [0.05, 0.1) is 12.1 Å². The summed E-state index contributed by atoms with van der Waals surface area (Å²) in [6, 6.07) is 0. The van der Waals surface area contributed by atoms with Gasteiger partial charge in [0.1, 0.15) is 0 Å². The lowest BCUT2D eigenvalue weighted by molar-refractivity contribution is -0.124. The van der Waals surface area contributed by atoms with E-state index in [1.54, 1.807) is 0 Å². The number of nitrogens with one attached hydrogen (secondary N) is 1. The summed E-state index contributed by atoms with van der Waals surface area (Å²) in [4.78, 5) is 11.7. The van der Waals surface area contributed by atoms with Crippen LogP contribution < -0.4 is 11.1 Å². The van der Waals surface area contributed by atoms with Crippen molar-refractivity contribution in [3.8, 4) is 0 Å². The van der Waals surface area contributed by atoms with Gasteiger partial charge in [0.15, 0.2) is 0 Å². The van der Waals surface area contributed by atoms with Crippen molar-refractivity contribution in [2.75, 3.05) is 13.2 Å². The van der Waals surface area contributed by atoms with E-state index in [9.17, 15) is 9.90 Å². The second-order valence-corrected chi connectivity index (χ2v) is 5.56. The lowest BCUT2D eigenvalue weighted by Crippen LogP contribution is -2.48. The molecule has 2 fully saturated rings. The highest BCUT2D eigenvalue weighted by Crippen LogP contribution is 2.36. The van der Waals surface area contributed by atoms with Crippen molar-refractivity contribution in [1.82, 2.24) is 5.32 Å². The summed E-state index contributed by atoms with van der Waals surface area (Å²) in [5.74, 6) is -0.0362. The molecule has 2 rings (SSSR count). The van der Waals surface area contributed by atoms with Crippen LogP contribution in [0.5, 0.6) is 0 Å². The number of aliphatic hydroxyl groups is 1. The molecular formula is C12H22N2O2. The lowest BCUT2D eigenvalue weighted by Gasteiger charge is -2.36. The normalized spacial score (nSPS) is 26.1. The molecular weight excluding hydrogens is 204 g/mol.